The number of benzene rings is 1. The Morgan fingerprint density at radius 2 is 2.27 bits per heavy atom. The molecule has 80 valence electrons. The molecule has 0 bridgehead atoms. The summed E-state index contributed by atoms with van der Waals surface area (Å²) < 4.78 is 5.11. The summed E-state index contributed by atoms with van der Waals surface area (Å²) in [5, 5.41) is 0.563. The Kier molecular flexibility index (Phi) is 2.82. The van der Waals surface area contributed by atoms with Gasteiger partial charge in [-0.15, -0.1) is 0 Å². The third kappa shape index (κ3) is 1.92. The third-order valence-corrected chi connectivity index (χ3v) is 2.83. The van der Waals surface area contributed by atoms with Crippen LogP contribution in [0.2, 0.25) is 5.02 Å². The highest BCUT2D eigenvalue weighted by atomic mass is 35.5. The summed E-state index contributed by atoms with van der Waals surface area (Å²) in [6.07, 6.45) is 1.55. The van der Waals surface area contributed by atoms with E-state index in [1.54, 1.807) is 24.1 Å². The van der Waals surface area contributed by atoms with Crippen molar-refractivity contribution in [2.75, 3.05) is 18.6 Å². The van der Waals surface area contributed by atoms with Crippen molar-refractivity contribution < 1.29 is 9.53 Å². The SMILES string of the molecule is COc1cc(N2CCCC2=O)ccc1Cl. The van der Waals surface area contributed by atoms with Gasteiger partial charge < -0.3 is 9.64 Å². The maximum Gasteiger partial charge on any atom is 0.227 e. The lowest BCUT2D eigenvalue weighted by Crippen LogP contribution is -2.23. The van der Waals surface area contributed by atoms with Crippen molar-refractivity contribution in [3.05, 3.63) is 23.2 Å². The van der Waals surface area contributed by atoms with Gasteiger partial charge >= 0.3 is 0 Å². The summed E-state index contributed by atoms with van der Waals surface area (Å²) in [6, 6.07) is 5.39. The molecule has 1 aromatic carbocycles. The molecule has 15 heavy (non-hydrogen) atoms. The molecule has 1 saturated heterocycles. The molecule has 1 aliphatic rings. The number of ether oxygens (including phenoxy) is 1. The number of amides is 1. The molecular formula is C11H12ClNO2. The lowest BCUT2D eigenvalue weighted by Gasteiger charge is -2.16. The van der Waals surface area contributed by atoms with Crippen LogP contribution < -0.4 is 9.64 Å². The number of halogens is 1. The summed E-state index contributed by atoms with van der Waals surface area (Å²) in [4.78, 5) is 13.3. The molecule has 0 saturated carbocycles. The Morgan fingerprint density at radius 1 is 1.47 bits per heavy atom. The van der Waals surface area contributed by atoms with Crippen LogP contribution in [0.15, 0.2) is 18.2 Å². The Morgan fingerprint density at radius 3 is 2.87 bits per heavy atom. The predicted octanol–water partition coefficient (Wildman–Crippen LogP) is 2.48. The first kappa shape index (κ1) is 10.3. The minimum Gasteiger partial charge on any atom is -0.495 e. The maximum atomic E-state index is 11.5. The van der Waals surface area contributed by atoms with Gasteiger partial charge in [0.25, 0.3) is 0 Å². The van der Waals surface area contributed by atoms with E-state index in [-0.39, 0.29) is 5.91 Å². The molecule has 0 radical (unpaired) electrons. The van der Waals surface area contributed by atoms with Gasteiger partial charge in [-0.05, 0) is 18.6 Å². The van der Waals surface area contributed by atoms with Gasteiger partial charge in [-0.25, -0.2) is 0 Å². The van der Waals surface area contributed by atoms with E-state index in [1.165, 1.54) is 0 Å². The Balaban J connectivity index is 2.32. The minimum atomic E-state index is 0.166. The van der Waals surface area contributed by atoms with Crippen molar-refractivity contribution in [3.8, 4) is 5.75 Å². The van der Waals surface area contributed by atoms with E-state index in [4.69, 9.17) is 16.3 Å². The topological polar surface area (TPSA) is 29.5 Å². The Hall–Kier alpha value is -1.22. The van der Waals surface area contributed by atoms with Crippen molar-refractivity contribution in [2.45, 2.75) is 12.8 Å². The van der Waals surface area contributed by atoms with Gasteiger partial charge in [-0.1, -0.05) is 11.6 Å². The molecule has 0 spiro atoms. The zero-order valence-corrected chi connectivity index (χ0v) is 9.25. The molecule has 0 aromatic heterocycles. The van der Waals surface area contributed by atoms with Gasteiger partial charge in [0.2, 0.25) is 5.91 Å². The fourth-order valence-corrected chi connectivity index (χ4v) is 1.93. The summed E-state index contributed by atoms with van der Waals surface area (Å²) in [5.41, 5.74) is 0.860. The maximum absolute atomic E-state index is 11.5. The van der Waals surface area contributed by atoms with Crippen molar-refractivity contribution in [3.63, 3.8) is 0 Å². The number of hydrogen-bond acceptors (Lipinski definition) is 2. The summed E-state index contributed by atoms with van der Waals surface area (Å²) in [5.74, 6) is 0.772. The van der Waals surface area contributed by atoms with E-state index < -0.39 is 0 Å². The quantitative estimate of drug-likeness (QED) is 0.774. The number of carbonyl (C=O) groups is 1. The zero-order chi connectivity index (χ0) is 10.8. The van der Waals surface area contributed by atoms with E-state index in [1.807, 2.05) is 6.07 Å². The fraction of sp³-hybridized carbons (Fsp3) is 0.364. The molecule has 1 aliphatic heterocycles. The van der Waals surface area contributed by atoms with E-state index in [2.05, 4.69) is 0 Å². The second-order valence-corrected chi connectivity index (χ2v) is 3.87. The first-order chi connectivity index (χ1) is 7.22. The first-order valence-electron chi connectivity index (χ1n) is 4.86. The number of rotatable bonds is 2. The van der Waals surface area contributed by atoms with Crippen molar-refractivity contribution in [2.24, 2.45) is 0 Å². The van der Waals surface area contributed by atoms with Gasteiger partial charge in [0.1, 0.15) is 5.75 Å². The summed E-state index contributed by atoms with van der Waals surface area (Å²) in [7, 11) is 1.57. The molecule has 0 N–H and O–H groups in total. The molecule has 0 aliphatic carbocycles. The van der Waals surface area contributed by atoms with Gasteiger partial charge in [0, 0.05) is 24.7 Å². The second kappa shape index (κ2) is 4.11. The predicted molar refractivity (Wildman–Crippen MR) is 59.6 cm³/mol. The van der Waals surface area contributed by atoms with Crippen LogP contribution in [0.1, 0.15) is 12.8 Å². The molecule has 1 aromatic rings. The number of hydrogen-bond donors (Lipinski definition) is 0. The molecule has 1 fully saturated rings. The Bertz CT molecular complexity index is 392. The average Bonchev–Trinajstić information content (AvgIpc) is 2.65. The van der Waals surface area contributed by atoms with Crippen LogP contribution in [-0.2, 0) is 4.79 Å². The number of nitrogens with zero attached hydrogens (tertiary/aromatic N) is 1. The zero-order valence-electron chi connectivity index (χ0n) is 8.50. The van der Waals surface area contributed by atoms with E-state index in [0.29, 0.717) is 17.2 Å². The van der Waals surface area contributed by atoms with Crippen LogP contribution in [-0.4, -0.2) is 19.6 Å². The number of anilines is 1. The second-order valence-electron chi connectivity index (χ2n) is 3.47. The monoisotopic (exact) mass is 225 g/mol. The van der Waals surface area contributed by atoms with Gasteiger partial charge in [-0.2, -0.15) is 0 Å². The Labute approximate surface area is 93.6 Å². The largest absolute Gasteiger partial charge is 0.495 e. The molecule has 0 atom stereocenters. The highest BCUT2D eigenvalue weighted by molar-refractivity contribution is 6.32. The fourth-order valence-electron chi connectivity index (χ4n) is 1.74. The molecule has 2 rings (SSSR count). The van der Waals surface area contributed by atoms with Crippen LogP contribution in [0, 0.1) is 0 Å². The molecule has 3 nitrogen and oxygen atoms in total. The van der Waals surface area contributed by atoms with Crippen LogP contribution in [0.3, 0.4) is 0 Å². The highest BCUT2D eigenvalue weighted by Gasteiger charge is 2.22. The summed E-state index contributed by atoms with van der Waals surface area (Å²) in [6.45, 7) is 0.781. The average molecular weight is 226 g/mol. The third-order valence-electron chi connectivity index (χ3n) is 2.52. The normalized spacial score (nSPS) is 15.9. The first-order valence-corrected chi connectivity index (χ1v) is 5.24. The standard InChI is InChI=1S/C11H12ClNO2/c1-15-10-7-8(4-5-9(10)12)13-6-2-3-11(13)14/h4-5,7H,2-3,6H2,1H3. The lowest BCUT2D eigenvalue weighted by atomic mass is 10.3. The van der Waals surface area contributed by atoms with Crippen LogP contribution in [0.4, 0.5) is 5.69 Å². The molecule has 4 heteroatoms. The molecular weight excluding hydrogens is 214 g/mol. The molecule has 1 heterocycles. The highest BCUT2D eigenvalue weighted by Crippen LogP contribution is 2.31. The van der Waals surface area contributed by atoms with E-state index in [0.717, 1.165) is 18.7 Å². The van der Waals surface area contributed by atoms with Gasteiger partial charge in [-0.3, -0.25) is 4.79 Å². The number of methoxy groups -OCH3 is 1. The minimum absolute atomic E-state index is 0.166. The van der Waals surface area contributed by atoms with Crippen molar-refractivity contribution in [1.29, 1.82) is 0 Å². The van der Waals surface area contributed by atoms with Crippen LogP contribution >= 0.6 is 11.6 Å². The van der Waals surface area contributed by atoms with Crippen molar-refractivity contribution >= 4 is 23.2 Å². The van der Waals surface area contributed by atoms with E-state index in [9.17, 15) is 4.79 Å². The lowest BCUT2D eigenvalue weighted by molar-refractivity contribution is -0.117. The van der Waals surface area contributed by atoms with Crippen molar-refractivity contribution in [1.82, 2.24) is 0 Å². The molecule has 1 amide bonds. The number of carbonyl (C=O) groups excluding carboxylic acids is 1. The van der Waals surface area contributed by atoms with Gasteiger partial charge in [0.15, 0.2) is 0 Å². The molecule has 0 unspecified atom stereocenters. The van der Waals surface area contributed by atoms with Crippen LogP contribution in [0.5, 0.6) is 5.75 Å². The van der Waals surface area contributed by atoms with Crippen LogP contribution in [0.25, 0.3) is 0 Å². The smallest absolute Gasteiger partial charge is 0.227 e. The van der Waals surface area contributed by atoms with E-state index >= 15 is 0 Å². The summed E-state index contributed by atoms with van der Waals surface area (Å²) >= 11 is 5.91. The van der Waals surface area contributed by atoms with Gasteiger partial charge in [0.05, 0.1) is 12.1 Å².